The fourth-order valence-electron chi connectivity index (χ4n) is 10.1. The highest BCUT2D eigenvalue weighted by Crippen LogP contribution is 2.45. The van der Waals surface area contributed by atoms with Gasteiger partial charge in [-0.25, -0.2) is 9.13 Å². The van der Waals surface area contributed by atoms with Gasteiger partial charge in [-0.05, 0) is 141 Å². The highest BCUT2D eigenvalue weighted by Gasteiger charge is 2.29. The third-order valence-electron chi connectivity index (χ3n) is 16.0. The Labute approximate surface area is 613 Å². The lowest BCUT2D eigenvalue weighted by molar-refractivity contribution is -0.161. The molecule has 0 aromatic rings. The molecule has 0 aliphatic rings. The van der Waals surface area contributed by atoms with Crippen LogP contribution in [-0.2, 0) is 55.8 Å². The number of carbonyl (C=O) groups is 3. The second-order valence-electron chi connectivity index (χ2n) is 25.8. The molecular weight excluding hydrogens is 1310 g/mol. The molecule has 18 heteroatoms. The van der Waals surface area contributed by atoms with E-state index in [1.807, 2.05) is 0 Å². The van der Waals surface area contributed by atoms with Gasteiger partial charge in [-0.15, -0.1) is 0 Å². The fraction of sp³-hybridized carbons (Fsp3) is 0.675. The van der Waals surface area contributed by atoms with Crippen LogP contribution < -0.4 is 0 Å². The van der Waals surface area contributed by atoms with Crippen LogP contribution in [0.1, 0.15) is 303 Å². The minimum absolute atomic E-state index is 0.0836. The summed E-state index contributed by atoms with van der Waals surface area (Å²) in [5.74, 6) is -1.61. The van der Waals surface area contributed by atoms with E-state index in [2.05, 4.69) is 167 Å². The van der Waals surface area contributed by atoms with Gasteiger partial charge in [-0.1, -0.05) is 289 Å². The van der Waals surface area contributed by atoms with Crippen LogP contribution in [0.3, 0.4) is 0 Å². The van der Waals surface area contributed by atoms with E-state index in [1.165, 1.54) is 70.6 Å². The number of aliphatic hydroxyl groups is 2. The van der Waals surface area contributed by atoms with Gasteiger partial charge in [0.1, 0.15) is 25.4 Å². The predicted octanol–water partition coefficient (Wildman–Crippen LogP) is 22.9. The monoisotopic (exact) mass is 1450 g/mol. The smallest absolute Gasteiger partial charge is 0.463 e. The summed E-state index contributed by atoms with van der Waals surface area (Å²) < 4.78 is 61.1. The van der Waals surface area contributed by atoms with Gasteiger partial charge in [0.2, 0.25) is 0 Å². The molecule has 0 saturated carbocycles. The average molecular weight is 1460 g/mol. The first-order chi connectivity index (χ1) is 49.2. The van der Waals surface area contributed by atoms with Gasteiger partial charge in [-0.2, -0.15) is 0 Å². The van der Waals surface area contributed by atoms with E-state index in [0.29, 0.717) is 19.3 Å². The maximum absolute atomic E-state index is 12.9. The number of phosphoric ester groups is 2. The van der Waals surface area contributed by atoms with E-state index in [0.717, 1.165) is 173 Å². The van der Waals surface area contributed by atoms with E-state index in [1.54, 1.807) is 0 Å². The van der Waals surface area contributed by atoms with Crippen molar-refractivity contribution in [3.8, 4) is 0 Å². The molecule has 16 nitrogen and oxygen atoms in total. The Morgan fingerprint density at radius 1 is 0.287 bits per heavy atom. The lowest BCUT2D eigenvalue weighted by Gasteiger charge is -2.21. The number of unbranched alkanes of at least 4 members (excludes halogenated alkanes) is 26. The fourth-order valence-corrected chi connectivity index (χ4v) is 11.7. The Morgan fingerprint density at radius 2 is 0.545 bits per heavy atom. The highest BCUT2D eigenvalue weighted by atomic mass is 31.2. The topological polar surface area (TPSA) is 231 Å². The van der Waals surface area contributed by atoms with Crippen LogP contribution in [0.4, 0.5) is 0 Å². The van der Waals surface area contributed by atoms with Crippen LogP contribution in [-0.4, -0.2) is 95.9 Å². The van der Waals surface area contributed by atoms with Crippen molar-refractivity contribution in [2.45, 2.75) is 322 Å². The number of rotatable bonds is 73. The van der Waals surface area contributed by atoms with E-state index in [4.69, 9.17) is 32.3 Å². The van der Waals surface area contributed by atoms with E-state index >= 15 is 0 Å². The summed E-state index contributed by atoms with van der Waals surface area (Å²) in [6.07, 6.45) is 91.8. The zero-order valence-corrected chi connectivity index (χ0v) is 64.8. The Kier molecular flexibility index (Phi) is 71.7. The van der Waals surface area contributed by atoms with Crippen molar-refractivity contribution in [3.05, 3.63) is 146 Å². The van der Waals surface area contributed by atoms with Gasteiger partial charge in [-0.3, -0.25) is 32.5 Å². The SMILES string of the molecule is CC/C=C\C/C=C\C/C=C\C/C=C\C/C=C\C/C=C\CCCCCCCCCCC(=O)OCC(O)COP(=O)(O)OCC(O)COP(=O)(O)OCC(COC(=O)CCCCCCCCCCC/C=C\C/C=C\C/C=C\C/C=C\CCCCC)OC(=O)CCCCCCC/C=C\C/C=C\CCC. The zero-order chi connectivity index (χ0) is 73.7. The Morgan fingerprint density at radius 3 is 0.871 bits per heavy atom. The lowest BCUT2D eigenvalue weighted by Crippen LogP contribution is -2.30. The molecule has 0 amide bonds. The molecular formula is C83H140O16P2. The summed E-state index contributed by atoms with van der Waals surface area (Å²) in [4.78, 5) is 58.6. The second-order valence-corrected chi connectivity index (χ2v) is 28.7. The molecule has 0 aliphatic carbocycles. The molecule has 0 spiro atoms. The van der Waals surface area contributed by atoms with Gasteiger partial charge in [0.05, 0.1) is 26.4 Å². The van der Waals surface area contributed by atoms with E-state index < -0.39 is 91.5 Å². The molecule has 101 heavy (non-hydrogen) atoms. The van der Waals surface area contributed by atoms with Crippen molar-refractivity contribution in [2.75, 3.05) is 39.6 Å². The molecule has 0 radical (unpaired) electrons. The normalized spacial score (nSPS) is 14.8. The third-order valence-corrected chi connectivity index (χ3v) is 17.9. The van der Waals surface area contributed by atoms with Crippen LogP contribution in [0, 0.1) is 0 Å². The van der Waals surface area contributed by atoms with Crippen LogP contribution in [0.15, 0.2) is 146 Å². The zero-order valence-electron chi connectivity index (χ0n) is 63.0. The van der Waals surface area contributed by atoms with Gasteiger partial charge in [0.15, 0.2) is 6.10 Å². The van der Waals surface area contributed by atoms with Crippen molar-refractivity contribution >= 4 is 33.6 Å². The Balaban J connectivity index is 4.56. The maximum atomic E-state index is 12.9. The van der Waals surface area contributed by atoms with Crippen LogP contribution >= 0.6 is 15.6 Å². The molecule has 5 atom stereocenters. The summed E-state index contributed by atoms with van der Waals surface area (Å²) in [6.45, 7) is 2.44. The first-order valence-electron chi connectivity index (χ1n) is 39.1. The largest absolute Gasteiger partial charge is 0.472 e. The van der Waals surface area contributed by atoms with Crippen molar-refractivity contribution in [2.24, 2.45) is 0 Å². The van der Waals surface area contributed by atoms with Crippen molar-refractivity contribution < 1.29 is 75.8 Å². The van der Waals surface area contributed by atoms with Crippen LogP contribution in [0.2, 0.25) is 0 Å². The number of carbonyl (C=O) groups excluding carboxylic acids is 3. The van der Waals surface area contributed by atoms with Crippen LogP contribution in [0.5, 0.6) is 0 Å². The summed E-state index contributed by atoms with van der Waals surface area (Å²) in [7, 11) is -9.80. The minimum Gasteiger partial charge on any atom is -0.463 e. The molecule has 0 fully saturated rings. The molecule has 578 valence electrons. The average Bonchev–Trinajstić information content (AvgIpc) is 0.949. The summed E-state index contributed by atoms with van der Waals surface area (Å²) >= 11 is 0. The molecule has 0 rings (SSSR count). The maximum Gasteiger partial charge on any atom is 0.472 e. The number of ether oxygens (including phenoxy) is 3. The number of hydrogen-bond donors (Lipinski definition) is 4. The summed E-state index contributed by atoms with van der Waals surface area (Å²) in [5, 5.41) is 20.6. The van der Waals surface area contributed by atoms with E-state index in [-0.39, 0.29) is 19.3 Å². The first kappa shape index (κ1) is 96.4. The Hall–Kier alpha value is -4.57. The molecule has 0 bridgehead atoms. The molecule has 0 heterocycles. The standard InChI is InChI=1S/C83H140O16P2/c1-4-7-10-13-16-19-22-25-27-29-31-33-35-37-38-40-42-43-45-47-49-52-54-57-60-63-66-69-81(86)93-72-78(84)73-95-100(89,90)96-74-79(85)75-97-101(91,92)98-77-80(99-83(88)71-68-65-62-59-56-51-24-21-18-15-12-9-6-3)76-94-82(87)70-67-64-61-58-55-53-50-48-46-44-41-39-36-34-32-30-28-26-23-20-17-14-11-8-5-2/h7,10,12,15-17,19-21,24-28,31-34,37-39,41-43,78-80,84-85H,4-6,8-9,11,13-14,18,22-23,29-30,35-36,40,44-77H2,1-3H3,(H,89,90)(H,91,92)/b10-7-,15-12-,19-16-,20-17-,24-21-,27-25-,28-26-,33-31-,34-32-,38-37-,41-39-,43-42-. The number of aliphatic hydroxyl groups excluding tert-OH is 2. The van der Waals surface area contributed by atoms with Crippen LogP contribution in [0.25, 0.3) is 0 Å². The van der Waals surface area contributed by atoms with Crippen molar-refractivity contribution in [1.82, 2.24) is 0 Å². The minimum atomic E-state index is -4.94. The quantitative estimate of drug-likeness (QED) is 0.0146. The van der Waals surface area contributed by atoms with Gasteiger partial charge >= 0.3 is 33.6 Å². The lowest BCUT2D eigenvalue weighted by atomic mass is 10.1. The number of allylic oxidation sites excluding steroid dienone is 24. The van der Waals surface area contributed by atoms with Crippen molar-refractivity contribution in [1.29, 1.82) is 0 Å². The molecule has 4 N–H and O–H groups in total. The molecule has 0 saturated heterocycles. The van der Waals surface area contributed by atoms with Crippen molar-refractivity contribution in [3.63, 3.8) is 0 Å². The second kappa shape index (κ2) is 75.1. The highest BCUT2D eigenvalue weighted by molar-refractivity contribution is 7.47. The Bertz CT molecular complexity index is 2420. The van der Waals surface area contributed by atoms with Gasteiger partial charge in [0.25, 0.3) is 0 Å². The third kappa shape index (κ3) is 76.4. The molecule has 0 aliphatic heterocycles. The van der Waals surface area contributed by atoms with E-state index in [9.17, 15) is 43.5 Å². The molecule has 5 unspecified atom stereocenters. The first-order valence-corrected chi connectivity index (χ1v) is 42.1. The van der Waals surface area contributed by atoms with Gasteiger partial charge in [0, 0.05) is 19.3 Å². The number of hydrogen-bond acceptors (Lipinski definition) is 14. The summed E-state index contributed by atoms with van der Waals surface area (Å²) in [6, 6.07) is 0. The molecule has 0 aromatic heterocycles. The van der Waals surface area contributed by atoms with Gasteiger partial charge < -0.3 is 34.2 Å². The molecule has 0 aromatic carbocycles. The number of phosphoric acid groups is 2. The number of esters is 3. The summed E-state index contributed by atoms with van der Waals surface area (Å²) in [5.41, 5.74) is 0. The predicted molar refractivity (Wildman–Crippen MR) is 417 cm³/mol.